The molecule has 2 aromatic carbocycles. The van der Waals surface area contributed by atoms with Crippen LogP contribution in [0.4, 0.5) is 0 Å². The molecule has 0 amide bonds. The summed E-state index contributed by atoms with van der Waals surface area (Å²) in [5, 5.41) is 11.3. The number of hydrogen-bond donors (Lipinski definition) is 2. The van der Waals surface area contributed by atoms with Crippen LogP contribution in [0.15, 0.2) is 53.7 Å². The summed E-state index contributed by atoms with van der Waals surface area (Å²) in [5.41, 5.74) is 2.96. The molecule has 7 heteroatoms. The van der Waals surface area contributed by atoms with E-state index in [0.717, 1.165) is 60.7 Å². The van der Waals surface area contributed by atoms with Crippen molar-refractivity contribution in [1.29, 1.82) is 0 Å². The molecule has 1 aliphatic heterocycles. The fraction of sp³-hybridized carbons (Fsp3) is 0.391. The quantitative estimate of drug-likeness (QED) is 0.558. The first-order chi connectivity index (χ1) is 14.7. The Balaban J connectivity index is 1.54. The van der Waals surface area contributed by atoms with Crippen LogP contribution >= 0.6 is 12.2 Å². The van der Waals surface area contributed by atoms with E-state index in [1.807, 2.05) is 48.5 Å². The Bertz CT molecular complexity index is 858. The monoisotopic (exact) mass is 427 g/mol. The molecule has 2 aromatic rings. The highest BCUT2D eigenvalue weighted by atomic mass is 32.1. The van der Waals surface area contributed by atoms with E-state index in [0.29, 0.717) is 11.7 Å². The highest BCUT2D eigenvalue weighted by Crippen LogP contribution is 2.27. The van der Waals surface area contributed by atoms with Crippen molar-refractivity contribution in [2.24, 2.45) is 5.16 Å². The second-order valence-electron chi connectivity index (χ2n) is 7.11. The van der Waals surface area contributed by atoms with Gasteiger partial charge in [0.2, 0.25) is 0 Å². The maximum atomic E-state index is 5.98. The lowest BCUT2D eigenvalue weighted by Gasteiger charge is -2.12. The lowest BCUT2D eigenvalue weighted by atomic mass is 10.0. The zero-order chi connectivity index (χ0) is 21.2. The van der Waals surface area contributed by atoms with E-state index in [1.54, 1.807) is 7.11 Å². The van der Waals surface area contributed by atoms with Gasteiger partial charge < -0.3 is 24.9 Å². The number of rotatable bonds is 10. The van der Waals surface area contributed by atoms with Crippen LogP contribution in [-0.2, 0) is 11.4 Å². The maximum absolute atomic E-state index is 5.98. The largest absolute Gasteiger partial charge is 0.497 e. The molecule has 0 saturated heterocycles. The number of benzene rings is 2. The van der Waals surface area contributed by atoms with E-state index >= 15 is 0 Å². The van der Waals surface area contributed by atoms with E-state index in [1.165, 1.54) is 0 Å². The number of thiocarbonyl (C=S) groups is 1. The molecule has 6 nitrogen and oxygen atoms in total. The number of ether oxygens (including phenoxy) is 2. The zero-order valence-electron chi connectivity index (χ0n) is 17.5. The molecule has 0 fully saturated rings. The molecule has 3 rings (SSSR count). The van der Waals surface area contributed by atoms with Gasteiger partial charge >= 0.3 is 0 Å². The molecular weight excluding hydrogens is 398 g/mol. The lowest BCUT2D eigenvalue weighted by molar-refractivity contribution is 0.0801. The SMILES string of the molecule is CCCNC(=S)NCCC1CC(c2cc(OC)cc(OCc3ccccc3)c2)=NO1. The summed E-state index contributed by atoms with van der Waals surface area (Å²) >= 11 is 5.24. The van der Waals surface area contributed by atoms with Crippen LogP contribution in [0, 0.1) is 0 Å². The van der Waals surface area contributed by atoms with Crippen LogP contribution in [0.1, 0.15) is 37.3 Å². The van der Waals surface area contributed by atoms with E-state index in [-0.39, 0.29) is 6.10 Å². The summed E-state index contributed by atoms with van der Waals surface area (Å²) in [6.45, 7) is 4.23. The molecule has 0 spiro atoms. The van der Waals surface area contributed by atoms with Crippen molar-refractivity contribution in [3.8, 4) is 11.5 Å². The van der Waals surface area contributed by atoms with Gasteiger partial charge in [0.05, 0.1) is 12.8 Å². The Hall–Kier alpha value is -2.80. The Morgan fingerprint density at radius 1 is 1.13 bits per heavy atom. The summed E-state index contributed by atoms with van der Waals surface area (Å²) in [4.78, 5) is 5.63. The molecule has 160 valence electrons. The van der Waals surface area contributed by atoms with Gasteiger partial charge in [0.25, 0.3) is 0 Å². The van der Waals surface area contributed by atoms with E-state index in [9.17, 15) is 0 Å². The molecule has 1 unspecified atom stereocenters. The number of hydrogen-bond acceptors (Lipinski definition) is 5. The van der Waals surface area contributed by atoms with Gasteiger partial charge in [-0.05, 0) is 36.3 Å². The van der Waals surface area contributed by atoms with Crippen LogP contribution in [0.2, 0.25) is 0 Å². The van der Waals surface area contributed by atoms with Crippen molar-refractivity contribution in [3.05, 3.63) is 59.7 Å². The standard InChI is InChI=1S/C23H29N3O3S/c1-3-10-24-23(30)25-11-9-19-15-22(26-29-19)18-12-20(27-2)14-21(13-18)28-16-17-7-5-4-6-8-17/h4-8,12-14,19H,3,9-11,15-16H2,1-2H3,(H2,24,25,30). The number of methoxy groups -OCH3 is 1. The van der Waals surface area contributed by atoms with Crippen molar-refractivity contribution in [1.82, 2.24) is 10.6 Å². The third-order valence-corrected chi connectivity index (χ3v) is 5.01. The maximum Gasteiger partial charge on any atom is 0.166 e. The van der Waals surface area contributed by atoms with Crippen molar-refractivity contribution >= 4 is 23.0 Å². The van der Waals surface area contributed by atoms with Crippen molar-refractivity contribution < 1.29 is 14.3 Å². The summed E-state index contributed by atoms with van der Waals surface area (Å²) in [7, 11) is 1.65. The number of nitrogens with one attached hydrogen (secondary N) is 2. The van der Waals surface area contributed by atoms with Gasteiger partial charge in [-0.1, -0.05) is 42.4 Å². The van der Waals surface area contributed by atoms with Crippen LogP contribution in [0.3, 0.4) is 0 Å². The second-order valence-corrected chi connectivity index (χ2v) is 7.52. The topological polar surface area (TPSA) is 64.1 Å². The molecule has 0 bridgehead atoms. The van der Waals surface area contributed by atoms with Crippen molar-refractivity contribution in [2.45, 2.75) is 38.9 Å². The third-order valence-electron chi connectivity index (χ3n) is 4.72. The van der Waals surface area contributed by atoms with Gasteiger partial charge in [-0.3, -0.25) is 0 Å². The normalized spacial score (nSPS) is 15.1. The van der Waals surface area contributed by atoms with E-state index in [2.05, 4.69) is 22.7 Å². The summed E-state index contributed by atoms with van der Waals surface area (Å²) in [5.74, 6) is 1.48. The molecule has 1 heterocycles. The molecule has 30 heavy (non-hydrogen) atoms. The second kappa shape index (κ2) is 11.4. The first-order valence-electron chi connectivity index (χ1n) is 10.3. The smallest absolute Gasteiger partial charge is 0.166 e. The van der Waals surface area contributed by atoms with Gasteiger partial charge in [0.1, 0.15) is 24.2 Å². The molecule has 0 aliphatic carbocycles. The zero-order valence-corrected chi connectivity index (χ0v) is 18.3. The lowest BCUT2D eigenvalue weighted by Crippen LogP contribution is -2.37. The molecule has 1 aliphatic rings. The van der Waals surface area contributed by atoms with Gasteiger partial charge in [-0.2, -0.15) is 0 Å². The van der Waals surface area contributed by atoms with Crippen LogP contribution in [-0.4, -0.2) is 37.1 Å². The Kier molecular flexibility index (Phi) is 8.32. The van der Waals surface area contributed by atoms with Gasteiger partial charge in [0, 0.05) is 37.6 Å². The highest BCUT2D eigenvalue weighted by molar-refractivity contribution is 7.80. The molecule has 1 atom stereocenters. The molecule has 2 N–H and O–H groups in total. The van der Waals surface area contributed by atoms with Crippen LogP contribution in [0.25, 0.3) is 0 Å². The van der Waals surface area contributed by atoms with Gasteiger partial charge in [-0.15, -0.1) is 0 Å². The third kappa shape index (κ3) is 6.62. The fourth-order valence-electron chi connectivity index (χ4n) is 3.08. The van der Waals surface area contributed by atoms with Crippen LogP contribution in [0.5, 0.6) is 11.5 Å². The summed E-state index contributed by atoms with van der Waals surface area (Å²) < 4.78 is 11.4. The number of nitrogens with zero attached hydrogens (tertiary/aromatic N) is 1. The minimum Gasteiger partial charge on any atom is -0.497 e. The molecule has 0 radical (unpaired) electrons. The van der Waals surface area contributed by atoms with Crippen LogP contribution < -0.4 is 20.1 Å². The summed E-state index contributed by atoms with van der Waals surface area (Å²) in [6.07, 6.45) is 2.63. The predicted octanol–water partition coefficient (Wildman–Crippen LogP) is 4.03. The first kappa shape index (κ1) is 21.9. The fourth-order valence-corrected chi connectivity index (χ4v) is 3.29. The molecule has 0 saturated carbocycles. The first-order valence-corrected chi connectivity index (χ1v) is 10.7. The Labute approximate surface area is 183 Å². The Morgan fingerprint density at radius 2 is 1.90 bits per heavy atom. The molecular formula is C23H29N3O3S. The predicted molar refractivity (Wildman–Crippen MR) is 123 cm³/mol. The average Bonchev–Trinajstić information content (AvgIpc) is 3.26. The number of oxime groups is 1. The average molecular weight is 428 g/mol. The highest BCUT2D eigenvalue weighted by Gasteiger charge is 2.23. The van der Waals surface area contributed by atoms with Crippen molar-refractivity contribution in [2.75, 3.05) is 20.2 Å². The van der Waals surface area contributed by atoms with Crippen molar-refractivity contribution in [3.63, 3.8) is 0 Å². The minimum absolute atomic E-state index is 0.0290. The van der Waals surface area contributed by atoms with E-state index < -0.39 is 0 Å². The minimum atomic E-state index is 0.0290. The summed E-state index contributed by atoms with van der Waals surface area (Å²) in [6, 6.07) is 15.9. The van der Waals surface area contributed by atoms with E-state index in [4.69, 9.17) is 26.5 Å². The Morgan fingerprint density at radius 3 is 2.67 bits per heavy atom. The molecule has 0 aromatic heterocycles. The van der Waals surface area contributed by atoms with Gasteiger partial charge in [-0.25, -0.2) is 0 Å². The van der Waals surface area contributed by atoms with Gasteiger partial charge in [0.15, 0.2) is 5.11 Å².